The average Bonchev–Trinajstić information content (AvgIpc) is 2.89. The number of hydrogen-bond donors (Lipinski definition) is 0. The Morgan fingerprint density at radius 1 is 1.20 bits per heavy atom. The molecule has 1 aromatic rings. The van der Waals surface area contributed by atoms with E-state index in [0.717, 1.165) is 18.7 Å². The highest BCUT2D eigenvalue weighted by molar-refractivity contribution is 7.98. The predicted octanol–water partition coefficient (Wildman–Crippen LogP) is 1.94. The van der Waals surface area contributed by atoms with Gasteiger partial charge < -0.3 is 9.47 Å². The summed E-state index contributed by atoms with van der Waals surface area (Å²) in [5.41, 5.74) is 0.762. The Morgan fingerprint density at radius 2 is 1.75 bits per heavy atom. The molecule has 1 aromatic carbocycles. The molecule has 1 fully saturated rings. The summed E-state index contributed by atoms with van der Waals surface area (Å²) in [7, 11) is 3.37. The van der Waals surface area contributed by atoms with Crippen molar-refractivity contribution in [3.05, 3.63) is 29.8 Å². The largest absolute Gasteiger partial charge is 0.377 e. The van der Waals surface area contributed by atoms with Gasteiger partial charge in [0.05, 0.1) is 18.8 Å². The smallest absolute Gasteiger partial charge is 0.176 e. The number of hydrogen-bond acceptors (Lipinski definition) is 5. The van der Waals surface area contributed by atoms with Gasteiger partial charge in [0.1, 0.15) is 0 Å². The van der Waals surface area contributed by atoms with E-state index in [1.54, 1.807) is 26.0 Å². The summed E-state index contributed by atoms with van der Waals surface area (Å²) >= 11 is 1.67. The molecule has 0 saturated carbocycles. The maximum Gasteiger partial charge on any atom is 0.176 e. The summed E-state index contributed by atoms with van der Waals surface area (Å²) in [6, 6.07) is 7.76. The van der Waals surface area contributed by atoms with Crippen LogP contribution in [0.15, 0.2) is 29.2 Å². The van der Waals surface area contributed by atoms with Gasteiger partial charge in [0.15, 0.2) is 5.78 Å². The second-order valence-electron chi connectivity index (χ2n) is 4.89. The van der Waals surface area contributed by atoms with Crippen molar-refractivity contribution >= 4 is 17.5 Å². The molecule has 1 heterocycles. The van der Waals surface area contributed by atoms with E-state index in [-0.39, 0.29) is 18.0 Å². The molecule has 2 rings (SSSR count). The fraction of sp³-hybridized carbons (Fsp3) is 0.533. The highest BCUT2D eigenvalue weighted by atomic mass is 32.2. The third kappa shape index (κ3) is 3.61. The van der Waals surface area contributed by atoms with Crippen molar-refractivity contribution < 1.29 is 14.3 Å². The van der Waals surface area contributed by atoms with Crippen molar-refractivity contribution in [2.45, 2.75) is 17.1 Å². The van der Waals surface area contributed by atoms with Crippen molar-refractivity contribution in [1.82, 2.24) is 4.90 Å². The number of Topliss-reactive ketones (excluding diaryl/α,β-unsaturated/α-hetero) is 1. The number of benzene rings is 1. The number of carbonyl (C=O) groups excluding carboxylic acids is 1. The number of nitrogens with zero attached hydrogens (tertiary/aromatic N) is 1. The zero-order valence-electron chi connectivity index (χ0n) is 12.2. The molecular formula is C15H21NO3S. The molecule has 2 atom stereocenters. The molecule has 20 heavy (non-hydrogen) atoms. The van der Waals surface area contributed by atoms with Crippen LogP contribution in [0.25, 0.3) is 0 Å². The molecule has 0 radical (unpaired) electrons. The van der Waals surface area contributed by atoms with Gasteiger partial charge in [-0.1, -0.05) is 12.1 Å². The summed E-state index contributed by atoms with van der Waals surface area (Å²) in [5.74, 6) is 0.143. The lowest BCUT2D eigenvalue weighted by Crippen LogP contribution is -2.29. The van der Waals surface area contributed by atoms with Crippen molar-refractivity contribution in [2.24, 2.45) is 0 Å². The fourth-order valence-corrected chi connectivity index (χ4v) is 2.88. The molecule has 5 heteroatoms. The second kappa shape index (κ2) is 7.22. The molecule has 1 saturated heterocycles. The zero-order valence-corrected chi connectivity index (χ0v) is 13.0. The van der Waals surface area contributed by atoms with Crippen LogP contribution in [0.2, 0.25) is 0 Å². The summed E-state index contributed by atoms with van der Waals surface area (Å²) in [4.78, 5) is 15.5. The van der Waals surface area contributed by atoms with Crippen molar-refractivity contribution in [1.29, 1.82) is 0 Å². The van der Waals surface area contributed by atoms with E-state index in [1.165, 1.54) is 4.90 Å². The summed E-state index contributed by atoms with van der Waals surface area (Å²) in [5, 5.41) is 0. The molecule has 0 bridgehead atoms. The molecule has 0 spiro atoms. The lowest BCUT2D eigenvalue weighted by atomic mass is 10.1. The Hall–Kier alpha value is -0.880. The highest BCUT2D eigenvalue weighted by Gasteiger charge is 2.33. The van der Waals surface area contributed by atoms with Crippen LogP contribution in [-0.4, -0.2) is 63.0 Å². The van der Waals surface area contributed by atoms with Crippen molar-refractivity contribution in [2.75, 3.05) is 40.1 Å². The standard InChI is InChI=1S/C15H21NO3S/c1-18-14-9-16(10-15(14)19-2)8-13(17)11-4-6-12(20-3)7-5-11/h4-7,14-15H,8-10H2,1-3H3. The van der Waals surface area contributed by atoms with E-state index in [1.807, 2.05) is 30.5 Å². The molecular weight excluding hydrogens is 274 g/mol. The predicted molar refractivity (Wildman–Crippen MR) is 80.6 cm³/mol. The molecule has 2 unspecified atom stereocenters. The fourth-order valence-electron chi connectivity index (χ4n) is 2.47. The number of methoxy groups -OCH3 is 2. The van der Waals surface area contributed by atoms with Gasteiger partial charge in [-0.05, 0) is 18.4 Å². The molecule has 4 nitrogen and oxygen atoms in total. The first-order chi connectivity index (χ1) is 9.67. The summed E-state index contributed by atoms with van der Waals surface area (Å²) < 4.78 is 10.8. The molecule has 110 valence electrons. The first-order valence-corrected chi connectivity index (χ1v) is 7.85. The second-order valence-corrected chi connectivity index (χ2v) is 5.77. The monoisotopic (exact) mass is 295 g/mol. The van der Waals surface area contributed by atoms with Gasteiger partial charge in [0.25, 0.3) is 0 Å². The molecule has 0 aromatic heterocycles. The molecule has 0 amide bonds. The maximum atomic E-state index is 12.3. The van der Waals surface area contributed by atoms with E-state index in [9.17, 15) is 4.79 Å². The van der Waals surface area contributed by atoms with E-state index in [0.29, 0.717) is 6.54 Å². The van der Waals surface area contributed by atoms with Crippen LogP contribution in [0, 0.1) is 0 Å². The van der Waals surface area contributed by atoms with Crippen LogP contribution in [0.1, 0.15) is 10.4 Å². The minimum Gasteiger partial charge on any atom is -0.377 e. The summed E-state index contributed by atoms with van der Waals surface area (Å²) in [6.45, 7) is 1.89. The van der Waals surface area contributed by atoms with Crippen molar-refractivity contribution in [3.63, 3.8) is 0 Å². The minimum absolute atomic E-state index is 0.0478. The van der Waals surface area contributed by atoms with Gasteiger partial charge in [-0.25, -0.2) is 0 Å². The first-order valence-electron chi connectivity index (χ1n) is 6.63. The van der Waals surface area contributed by atoms with E-state index in [4.69, 9.17) is 9.47 Å². The number of carbonyl (C=O) groups is 1. The number of likely N-dealkylation sites (tertiary alicyclic amines) is 1. The quantitative estimate of drug-likeness (QED) is 0.592. The van der Waals surface area contributed by atoms with Gasteiger partial charge in [-0.3, -0.25) is 9.69 Å². The Labute approximate surface area is 124 Å². The van der Waals surface area contributed by atoms with Crippen LogP contribution in [-0.2, 0) is 9.47 Å². The van der Waals surface area contributed by atoms with E-state index >= 15 is 0 Å². The van der Waals surface area contributed by atoms with Crippen molar-refractivity contribution in [3.8, 4) is 0 Å². The van der Waals surface area contributed by atoms with Gasteiger partial charge in [-0.15, -0.1) is 11.8 Å². The molecule has 1 aliphatic heterocycles. The molecule has 1 aliphatic rings. The number of ketones is 1. The molecule has 0 aliphatic carbocycles. The van der Waals surface area contributed by atoms with Gasteiger partial charge in [0, 0.05) is 37.8 Å². The SMILES string of the molecule is COC1CN(CC(=O)c2ccc(SC)cc2)CC1OC. The van der Waals surface area contributed by atoms with Gasteiger partial charge in [0.2, 0.25) is 0 Å². The van der Waals surface area contributed by atoms with Crippen LogP contribution in [0.4, 0.5) is 0 Å². The van der Waals surface area contributed by atoms with E-state index in [2.05, 4.69) is 4.90 Å². The minimum atomic E-state index is 0.0478. The van der Waals surface area contributed by atoms with Crippen LogP contribution < -0.4 is 0 Å². The average molecular weight is 295 g/mol. The Kier molecular flexibility index (Phi) is 5.60. The third-order valence-corrected chi connectivity index (χ3v) is 4.42. The van der Waals surface area contributed by atoms with Crippen LogP contribution in [0.3, 0.4) is 0 Å². The number of rotatable bonds is 6. The Morgan fingerprint density at radius 3 is 2.20 bits per heavy atom. The maximum absolute atomic E-state index is 12.3. The highest BCUT2D eigenvalue weighted by Crippen LogP contribution is 2.18. The first kappa shape index (κ1) is 15.5. The van der Waals surface area contributed by atoms with E-state index < -0.39 is 0 Å². The van der Waals surface area contributed by atoms with Crippen LogP contribution >= 0.6 is 11.8 Å². The Balaban J connectivity index is 1.94. The normalized spacial score (nSPS) is 23.1. The van der Waals surface area contributed by atoms with Gasteiger partial charge >= 0.3 is 0 Å². The summed E-state index contributed by atoms with van der Waals surface area (Å²) in [6.07, 6.45) is 2.12. The lowest BCUT2D eigenvalue weighted by molar-refractivity contribution is -0.00461. The lowest BCUT2D eigenvalue weighted by Gasteiger charge is -2.14. The molecule has 0 N–H and O–H groups in total. The zero-order chi connectivity index (χ0) is 14.5. The topological polar surface area (TPSA) is 38.8 Å². The van der Waals surface area contributed by atoms with Crippen LogP contribution in [0.5, 0.6) is 0 Å². The number of thioether (sulfide) groups is 1. The third-order valence-electron chi connectivity index (χ3n) is 3.68. The number of ether oxygens (including phenoxy) is 2. The van der Waals surface area contributed by atoms with Gasteiger partial charge in [-0.2, -0.15) is 0 Å². The Bertz CT molecular complexity index is 437.